The molecular weight excluding hydrogens is 280 g/mol. The van der Waals surface area contributed by atoms with E-state index in [1.807, 2.05) is 0 Å². The Morgan fingerprint density at radius 2 is 1.68 bits per heavy atom. The summed E-state index contributed by atoms with van der Waals surface area (Å²) in [6.07, 6.45) is -3.36. The van der Waals surface area contributed by atoms with Crippen LogP contribution in [0.3, 0.4) is 0 Å². The summed E-state index contributed by atoms with van der Waals surface area (Å²) in [5, 5.41) is 0. The molecule has 1 aliphatic heterocycles. The predicted octanol–water partition coefficient (Wildman–Crippen LogP) is 0.377. The van der Waals surface area contributed by atoms with Gasteiger partial charge in [-0.15, -0.1) is 0 Å². The lowest BCUT2D eigenvalue weighted by molar-refractivity contribution is -0.165. The monoisotopic (exact) mass is 297 g/mol. The summed E-state index contributed by atoms with van der Waals surface area (Å²) in [5.74, 6) is -2.61. The molecule has 1 saturated heterocycles. The number of ether oxygens (including phenoxy) is 4. The lowest BCUT2D eigenvalue weighted by Crippen LogP contribution is -2.40. The van der Waals surface area contributed by atoms with Gasteiger partial charge in [0.25, 0.3) is 0 Å². The Morgan fingerprint density at radius 1 is 1.11 bits per heavy atom. The van der Waals surface area contributed by atoms with Crippen LogP contribution in [0.4, 0.5) is 0 Å². The summed E-state index contributed by atoms with van der Waals surface area (Å²) in [6, 6.07) is 0. The van der Waals surface area contributed by atoms with Crippen molar-refractivity contribution in [1.29, 1.82) is 0 Å². The van der Waals surface area contributed by atoms with Crippen LogP contribution >= 0.6 is 11.6 Å². The molecule has 0 aliphatic carbocycles. The molecule has 0 saturated carbocycles. The van der Waals surface area contributed by atoms with Gasteiger partial charge in [-0.3, -0.25) is 14.4 Å². The van der Waals surface area contributed by atoms with Gasteiger partial charge in [-0.25, -0.2) is 0 Å². The Morgan fingerprint density at radius 3 is 2.26 bits per heavy atom. The minimum atomic E-state index is -1.19. The third-order valence-electron chi connectivity index (χ3n) is 2.20. The van der Waals surface area contributed by atoms with Crippen molar-refractivity contribution < 1.29 is 37.4 Å². The molecule has 0 radical (unpaired) electrons. The number of carbonyl (C=O) groups is 3. The maximum atomic E-state index is 11.3. The zero-order valence-electron chi connectivity index (χ0n) is 12.9. The molecule has 4 atom stereocenters. The predicted molar refractivity (Wildman–Crippen MR) is 62.3 cm³/mol. The molecule has 0 aromatic rings. The molecule has 0 amide bonds. The Labute approximate surface area is 119 Å². The van der Waals surface area contributed by atoms with Crippen molar-refractivity contribution in [2.75, 3.05) is 6.61 Å². The number of carbonyl (C=O) groups excluding carboxylic acids is 3. The second kappa shape index (κ2) is 6.72. The largest absolute Gasteiger partial charge is 0.463 e. The summed E-state index contributed by atoms with van der Waals surface area (Å²) >= 11 is 5.87. The third kappa shape index (κ3) is 4.68. The van der Waals surface area contributed by atoms with E-state index in [2.05, 4.69) is 0 Å². The molecule has 0 aromatic heterocycles. The van der Waals surface area contributed by atoms with Crippen LogP contribution in [0.25, 0.3) is 0 Å². The molecule has 7 nitrogen and oxygen atoms in total. The van der Waals surface area contributed by atoms with Gasteiger partial charge in [0.2, 0.25) is 0 Å². The van der Waals surface area contributed by atoms with Crippen LogP contribution in [0.5, 0.6) is 0 Å². The average Bonchev–Trinajstić information content (AvgIpc) is 2.80. The molecule has 108 valence electrons. The van der Waals surface area contributed by atoms with Crippen LogP contribution in [-0.4, -0.2) is 48.4 Å². The maximum Gasteiger partial charge on any atom is 0.303 e. The van der Waals surface area contributed by atoms with E-state index in [-0.39, 0.29) is 6.61 Å². The van der Waals surface area contributed by atoms with E-state index >= 15 is 0 Å². The van der Waals surface area contributed by atoms with Crippen LogP contribution in [0.1, 0.15) is 24.8 Å². The second-order valence-electron chi connectivity index (χ2n) is 3.62. The summed E-state index contributed by atoms with van der Waals surface area (Å²) in [6.45, 7) is -2.27. The van der Waals surface area contributed by atoms with Gasteiger partial charge in [0.1, 0.15) is 12.7 Å². The molecule has 1 heterocycles. The Balaban J connectivity index is 2.79. The quantitative estimate of drug-likeness (QED) is 0.421. The smallest absolute Gasteiger partial charge is 0.303 e. The molecule has 0 aromatic carbocycles. The SMILES string of the molecule is [2H]CC(=O)OC[C@H]1OC(Cl)[C@H](OC(=O)C[2H])[C@@H]1OC(=O)C[2H]. The number of hydrogen-bond acceptors (Lipinski definition) is 7. The van der Waals surface area contributed by atoms with Crippen molar-refractivity contribution in [2.24, 2.45) is 0 Å². The lowest BCUT2D eigenvalue weighted by Gasteiger charge is -2.22. The van der Waals surface area contributed by atoms with Crippen LogP contribution in [0, 0.1) is 0 Å². The Hall–Kier alpha value is -1.34. The van der Waals surface area contributed by atoms with Crippen molar-refractivity contribution in [3.05, 3.63) is 0 Å². The highest BCUT2D eigenvalue weighted by Crippen LogP contribution is 2.29. The highest BCUT2D eigenvalue weighted by molar-refractivity contribution is 6.20. The summed E-state index contributed by atoms with van der Waals surface area (Å²) in [5.41, 5.74) is -1.17. The second-order valence-corrected chi connectivity index (χ2v) is 4.05. The molecule has 1 aliphatic rings. The maximum absolute atomic E-state index is 11.3. The number of esters is 3. The molecule has 1 fully saturated rings. The van der Waals surface area contributed by atoms with E-state index in [9.17, 15) is 14.4 Å². The molecule has 19 heavy (non-hydrogen) atoms. The molecule has 1 rings (SSSR count). The highest BCUT2D eigenvalue weighted by atomic mass is 35.5. The summed E-state index contributed by atoms with van der Waals surface area (Å²) in [4.78, 5) is 33.5. The highest BCUT2D eigenvalue weighted by Gasteiger charge is 2.48. The van der Waals surface area contributed by atoms with Crippen LogP contribution < -0.4 is 0 Å². The van der Waals surface area contributed by atoms with Gasteiger partial charge in [-0.2, -0.15) is 0 Å². The van der Waals surface area contributed by atoms with E-state index in [0.29, 0.717) is 0 Å². The van der Waals surface area contributed by atoms with Gasteiger partial charge in [-0.05, 0) is 0 Å². The van der Waals surface area contributed by atoms with Gasteiger partial charge in [0.05, 0.1) is 0 Å². The van der Waals surface area contributed by atoms with Gasteiger partial charge in [0.15, 0.2) is 17.8 Å². The minimum absolute atomic E-state index is 0.355. The molecule has 0 N–H and O–H groups in total. The zero-order chi connectivity index (χ0) is 16.7. The van der Waals surface area contributed by atoms with Crippen molar-refractivity contribution in [2.45, 2.75) is 44.6 Å². The normalized spacial score (nSPS) is 31.7. The minimum Gasteiger partial charge on any atom is -0.463 e. The molecule has 1 unspecified atom stereocenters. The number of hydrogen-bond donors (Lipinski definition) is 0. The van der Waals surface area contributed by atoms with Gasteiger partial charge < -0.3 is 18.9 Å². The first-order valence-electron chi connectivity index (χ1n) is 7.26. The third-order valence-corrected chi connectivity index (χ3v) is 2.55. The summed E-state index contributed by atoms with van der Waals surface area (Å²) in [7, 11) is 0. The van der Waals surface area contributed by atoms with E-state index in [4.69, 9.17) is 34.7 Å². The molecule has 0 bridgehead atoms. The first-order valence-corrected chi connectivity index (χ1v) is 5.58. The fourth-order valence-electron chi connectivity index (χ4n) is 1.56. The van der Waals surface area contributed by atoms with Crippen molar-refractivity contribution in [3.63, 3.8) is 0 Å². The van der Waals surface area contributed by atoms with Crippen molar-refractivity contribution in [3.8, 4) is 0 Å². The van der Waals surface area contributed by atoms with Crippen molar-refractivity contribution >= 4 is 29.5 Å². The number of rotatable bonds is 4. The average molecular weight is 298 g/mol. The summed E-state index contributed by atoms with van der Waals surface area (Å²) < 4.78 is 40.5. The van der Waals surface area contributed by atoms with Crippen molar-refractivity contribution in [1.82, 2.24) is 0 Å². The molecule has 8 heteroatoms. The Bertz CT molecular complexity index is 422. The standard InChI is InChI=1S/C11H15ClO7/c1-5(13)16-4-8-9(17-6(2)14)10(11(12)19-8)18-7(3)15/h8-11H,4H2,1-3H3/t8-,9-,10-,11?/m1/s1/i1D,2D,3D. The van der Waals surface area contributed by atoms with Gasteiger partial charge >= 0.3 is 17.9 Å². The number of halogens is 1. The first-order chi connectivity index (χ1) is 10.4. The van der Waals surface area contributed by atoms with Crippen LogP contribution in [-0.2, 0) is 33.3 Å². The van der Waals surface area contributed by atoms with Gasteiger partial charge in [0, 0.05) is 24.8 Å². The van der Waals surface area contributed by atoms with E-state index in [0.717, 1.165) is 0 Å². The van der Waals surface area contributed by atoms with E-state index < -0.39 is 62.5 Å². The topological polar surface area (TPSA) is 88.1 Å². The lowest BCUT2D eigenvalue weighted by atomic mass is 10.1. The van der Waals surface area contributed by atoms with Crippen LogP contribution in [0.2, 0.25) is 0 Å². The fraction of sp³-hybridized carbons (Fsp3) is 0.727. The molecule has 0 spiro atoms. The zero-order valence-corrected chi connectivity index (χ0v) is 10.6. The Kier molecular flexibility index (Phi) is 4.06. The van der Waals surface area contributed by atoms with Crippen LogP contribution in [0.15, 0.2) is 0 Å². The first kappa shape index (κ1) is 11.5. The molecular formula is C11H15ClO7. The van der Waals surface area contributed by atoms with E-state index in [1.54, 1.807) is 0 Å². The van der Waals surface area contributed by atoms with E-state index in [1.165, 1.54) is 0 Å². The fourth-order valence-corrected chi connectivity index (χ4v) is 1.89. The number of alkyl halides is 1. The van der Waals surface area contributed by atoms with Gasteiger partial charge in [-0.1, -0.05) is 11.6 Å².